The van der Waals surface area contributed by atoms with Crippen molar-refractivity contribution < 1.29 is 13.2 Å². The summed E-state index contributed by atoms with van der Waals surface area (Å²) in [5, 5.41) is 2.98. The van der Waals surface area contributed by atoms with Crippen molar-refractivity contribution in [3.8, 4) is 0 Å². The molecule has 0 radical (unpaired) electrons. The molecule has 6 heteroatoms. The number of hydrogen-bond donors (Lipinski definition) is 1. The van der Waals surface area contributed by atoms with Crippen molar-refractivity contribution in [2.45, 2.75) is 31.2 Å². The Labute approximate surface area is 149 Å². The number of sulfonamides is 1. The molecule has 25 heavy (non-hydrogen) atoms. The first kappa shape index (κ1) is 19.1. The van der Waals surface area contributed by atoms with E-state index in [0.29, 0.717) is 5.56 Å². The molecule has 0 aliphatic rings. The lowest BCUT2D eigenvalue weighted by Crippen LogP contribution is -2.28. The topological polar surface area (TPSA) is 66.5 Å². The van der Waals surface area contributed by atoms with Crippen LogP contribution in [0.4, 0.5) is 0 Å². The standard InChI is InChI=1S/C19H24N2O3S/c1-5-18(15-11-9-14(2)10-12-15)20-19(22)16-7-6-8-17(13-16)25(23,24)21(3)4/h6-13,18H,5H2,1-4H3,(H,20,22)/t18-/m1/s1. The minimum absolute atomic E-state index is 0.105. The second-order valence-corrected chi connectivity index (χ2v) is 8.31. The fraction of sp³-hybridized carbons (Fsp3) is 0.316. The second-order valence-electron chi connectivity index (χ2n) is 6.16. The summed E-state index contributed by atoms with van der Waals surface area (Å²) < 4.78 is 25.6. The molecule has 2 aromatic rings. The zero-order chi connectivity index (χ0) is 18.6. The van der Waals surface area contributed by atoms with Crippen LogP contribution >= 0.6 is 0 Å². The van der Waals surface area contributed by atoms with Crippen molar-refractivity contribution in [2.24, 2.45) is 0 Å². The monoisotopic (exact) mass is 360 g/mol. The fourth-order valence-electron chi connectivity index (χ4n) is 2.47. The molecule has 1 amide bonds. The maximum absolute atomic E-state index is 12.6. The van der Waals surface area contributed by atoms with E-state index in [1.807, 2.05) is 38.1 Å². The summed E-state index contributed by atoms with van der Waals surface area (Å²) in [6.07, 6.45) is 0.741. The van der Waals surface area contributed by atoms with Gasteiger partial charge in [0, 0.05) is 19.7 Å². The normalized spacial score (nSPS) is 12.8. The van der Waals surface area contributed by atoms with Crippen LogP contribution in [0.5, 0.6) is 0 Å². The third-order valence-corrected chi connectivity index (χ3v) is 5.88. The molecule has 0 aromatic heterocycles. The van der Waals surface area contributed by atoms with E-state index in [2.05, 4.69) is 5.32 Å². The number of aryl methyl sites for hydroxylation is 1. The summed E-state index contributed by atoms with van der Waals surface area (Å²) in [7, 11) is -0.641. The molecule has 0 spiro atoms. The van der Waals surface area contributed by atoms with Gasteiger partial charge in [0.1, 0.15) is 0 Å². The summed E-state index contributed by atoms with van der Waals surface area (Å²) in [5.74, 6) is -0.289. The lowest BCUT2D eigenvalue weighted by molar-refractivity contribution is 0.0935. The van der Waals surface area contributed by atoms with Crippen LogP contribution < -0.4 is 5.32 Å². The highest BCUT2D eigenvalue weighted by molar-refractivity contribution is 7.89. The lowest BCUT2D eigenvalue weighted by Gasteiger charge is -2.18. The number of hydrogen-bond acceptors (Lipinski definition) is 3. The Balaban J connectivity index is 2.24. The highest BCUT2D eigenvalue weighted by Crippen LogP contribution is 2.19. The predicted molar refractivity (Wildman–Crippen MR) is 99.0 cm³/mol. The van der Waals surface area contributed by atoms with Crippen molar-refractivity contribution in [3.63, 3.8) is 0 Å². The zero-order valence-corrected chi connectivity index (χ0v) is 15.8. The number of carbonyl (C=O) groups excluding carboxylic acids is 1. The molecule has 0 heterocycles. The van der Waals surface area contributed by atoms with Crippen LogP contribution in [0.3, 0.4) is 0 Å². The Morgan fingerprint density at radius 3 is 2.32 bits per heavy atom. The predicted octanol–water partition coefficient (Wildman–Crippen LogP) is 3.13. The van der Waals surface area contributed by atoms with E-state index in [1.54, 1.807) is 12.1 Å². The van der Waals surface area contributed by atoms with Crippen molar-refractivity contribution in [1.82, 2.24) is 9.62 Å². The fourth-order valence-corrected chi connectivity index (χ4v) is 3.42. The first-order chi connectivity index (χ1) is 11.8. The Bertz CT molecular complexity index is 843. The number of nitrogens with zero attached hydrogens (tertiary/aromatic N) is 1. The summed E-state index contributed by atoms with van der Waals surface area (Å²) in [5.41, 5.74) is 2.51. The van der Waals surface area contributed by atoms with E-state index < -0.39 is 10.0 Å². The molecule has 2 rings (SSSR count). The van der Waals surface area contributed by atoms with Gasteiger partial charge in [-0.3, -0.25) is 4.79 Å². The molecule has 0 saturated heterocycles. The average Bonchev–Trinajstić information content (AvgIpc) is 2.60. The molecule has 2 aromatic carbocycles. The van der Waals surface area contributed by atoms with Gasteiger partial charge in [-0.15, -0.1) is 0 Å². The van der Waals surface area contributed by atoms with Gasteiger partial charge in [0.2, 0.25) is 10.0 Å². The van der Waals surface area contributed by atoms with E-state index in [1.165, 1.54) is 26.2 Å². The van der Waals surface area contributed by atoms with Crippen LogP contribution in [0.1, 0.15) is 40.9 Å². The summed E-state index contributed by atoms with van der Waals surface area (Å²) in [6, 6.07) is 14.0. The first-order valence-electron chi connectivity index (χ1n) is 8.15. The third kappa shape index (κ3) is 4.46. The molecule has 0 aliphatic heterocycles. The molecule has 0 aliphatic carbocycles. The van der Waals surface area contributed by atoms with Crippen LogP contribution in [-0.2, 0) is 10.0 Å². The summed E-state index contributed by atoms with van der Waals surface area (Å²) in [6.45, 7) is 4.01. The molecule has 134 valence electrons. The van der Waals surface area contributed by atoms with Crippen molar-refractivity contribution in [1.29, 1.82) is 0 Å². The van der Waals surface area contributed by atoms with Crippen LogP contribution in [0.15, 0.2) is 53.4 Å². The van der Waals surface area contributed by atoms with Gasteiger partial charge in [0.05, 0.1) is 10.9 Å². The number of rotatable bonds is 6. The molecule has 0 saturated carbocycles. The number of nitrogens with one attached hydrogen (secondary N) is 1. The van der Waals surface area contributed by atoms with Gasteiger partial charge in [-0.1, -0.05) is 42.8 Å². The van der Waals surface area contributed by atoms with Gasteiger partial charge < -0.3 is 5.32 Å². The second kappa shape index (κ2) is 7.80. The molecule has 0 unspecified atom stereocenters. The Morgan fingerprint density at radius 1 is 1.12 bits per heavy atom. The molecule has 0 fully saturated rings. The van der Waals surface area contributed by atoms with Gasteiger partial charge >= 0.3 is 0 Å². The molecule has 5 nitrogen and oxygen atoms in total. The van der Waals surface area contributed by atoms with Gasteiger partial charge in [-0.05, 0) is 37.1 Å². The van der Waals surface area contributed by atoms with Crippen LogP contribution in [-0.4, -0.2) is 32.7 Å². The third-order valence-electron chi connectivity index (χ3n) is 4.07. The highest BCUT2D eigenvalue weighted by Gasteiger charge is 2.20. The largest absolute Gasteiger partial charge is 0.345 e. The highest BCUT2D eigenvalue weighted by atomic mass is 32.2. The van der Waals surface area contributed by atoms with Gasteiger partial charge in [-0.25, -0.2) is 12.7 Å². The Morgan fingerprint density at radius 2 is 1.76 bits per heavy atom. The van der Waals surface area contributed by atoms with E-state index in [0.717, 1.165) is 21.9 Å². The minimum atomic E-state index is -3.57. The van der Waals surface area contributed by atoms with Gasteiger partial charge in [0.15, 0.2) is 0 Å². The first-order valence-corrected chi connectivity index (χ1v) is 9.59. The SMILES string of the molecule is CC[C@@H](NC(=O)c1cccc(S(=O)(=O)N(C)C)c1)c1ccc(C)cc1. The van der Waals surface area contributed by atoms with E-state index in [-0.39, 0.29) is 16.8 Å². The van der Waals surface area contributed by atoms with E-state index in [9.17, 15) is 13.2 Å². The van der Waals surface area contributed by atoms with Gasteiger partial charge in [-0.2, -0.15) is 0 Å². The smallest absolute Gasteiger partial charge is 0.251 e. The van der Waals surface area contributed by atoms with E-state index in [4.69, 9.17) is 0 Å². The maximum atomic E-state index is 12.6. The maximum Gasteiger partial charge on any atom is 0.251 e. The Hall–Kier alpha value is -2.18. The van der Waals surface area contributed by atoms with Gasteiger partial charge in [0.25, 0.3) is 5.91 Å². The quantitative estimate of drug-likeness (QED) is 0.861. The number of benzene rings is 2. The minimum Gasteiger partial charge on any atom is -0.345 e. The number of amides is 1. The lowest BCUT2D eigenvalue weighted by atomic mass is 10.0. The van der Waals surface area contributed by atoms with Crippen LogP contribution in [0.2, 0.25) is 0 Å². The molecular formula is C19H24N2O3S. The molecule has 1 atom stereocenters. The number of carbonyl (C=O) groups is 1. The average molecular weight is 360 g/mol. The molecule has 1 N–H and O–H groups in total. The van der Waals surface area contributed by atoms with Crippen molar-refractivity contribution >= 4 is 15.9 Å². The summed E-state index contributed by atoms with van der Waals surface area (Å²) >= 11 is 0. The van der Waals surface area contributed by atoms with Crippen LogP contribution in [0, 0.1) is 6.92 Å². The van der Waals surface area contributed by atoms with Crippen molar-refractivity contribution in [3.05, 3.63) is 65.2 Å². The molecular weight excluding hydrogens is 336 g/mol. The molecule has 0 bridgehead atoms. The summed E-state index contributed by atoms with van der Waals surface area (Å²) in [4.78, 5) is 12.7. The van der Waals surface area contributed by atoms with Crippen LogP contribution in [0.25, 0.3) is 0 Å². The Kier molecular flexibility index (Phi) is 5.98. The van der Waals surface area contributed by atoms with Crippen molar-refractivity contribution in [2.75, 3.05) is 14.1 Å². The van der Waals surface area contributed by atoms with E-state index >= 15 is 0 Å². The zero-order valence-electron chi connectivity index (χ0n) is 15.0.